The van der Waals surface area contributed by atoms with E-state index in [4.69, 9.17) is 14.7 Å². The summed E-state index contributed by atoms with van der Waals surface area (Å²) in [5.41, 5.74) is 4.42. The monoisotopic (exact) mass is 661 g/mol. The van der Waals surface area contributed by atoms with E-state index >= 15 is 0 Å². The number of aliphatic hydroxyl groups excluding tert-OH is 1. The van der Waals surface area contributed by atoms with E-state index in [2.05, 4.69) is 27.7 Å². The molecule has 252 valence electrons. The SMILES string of the molecule is C=CC(=O)N1CC2(CCN(c3nc(N4CC(CO)C4)nc4c(OCC(F)(F)F)c(-c5c(C)ccc6[nH]ncc56)c(C5CC5)cc34)CC2)C1. The van der Waals surface area contributed by atoms with Gasteiger partial charge < -0.3 is 24.5 Å². The van der Waals surface area contributed by atoms with Crippen molar-refractivity contribution in [3.63, 3.8) is 0 Å². The standard InChI is InChI=1S/C35H38F3N7O3/c1-3-27(47)45-17-34(18-45)8-10-43(11-9-34)32-24-12-23(22-5-6-22)29(28-20(2)4-7-26-25(28)13-39-42-26)31(48-19-35(36,37)38)30(24)40-33(41-32)44-14-21(15-44)16-46/h3-4,7,12-13,21-22,46H,1,5-6,8-11,14-19H2,2H3,(H,39,42). The second-order valence-corrected chi connectivity index (χ2v) is 14.0. The Bertz CT molecular complexity index is 1920. The van der Waals surface area contributed by atoms with Crippen molar-refractivity contribution >= 4 is 39.5 Å². The number of aliphatic hydroxyl groups is 1. The van der Waals surface area contributed by atoms with E-state index in [9.17, 15) is 23.1 Å². The zero-order valence-electron chi connectivity index (χ0n) is 26.8. The van der Waals surface area contributed by atoms with E-state index in [0.29, 0.717) is 67.5 Å². The number of piperidine rings is 1. The van der Waals surface area contributed by atoms with E-state index in [0.717, 1.165) is 53.3 Å². The summed E-state index contributed by atoms with van der Waals surface area (Å²) >= 11 is 0. The number of anilines is 2. The number of hydrogen-bond donors (Lipinski definition) is 2. The van der Waals surface area contributed by atoms with Gasteiger partial charge >= 0.3 is 6.18 Å². The fourth-order valence-electron chi connectivity index (χ4n) is 7.74. The second-order valence-electron chi connectivity index (χ2n) is 14.0. The van der Waals surface area contributed by atoms with Crippen LogP contribution in [-0.2, 0) is 4.79 Å². The van der Waals surface area contributed by atoms with Crippen molar-refractivity contribution in [2.75, 3.05) is 62.3 Å². The van der Waals surface area contributed by atoms with Gasteiger partial charge in [-0.05, 0) is 73.4 Å². The highest BCUT2D eigenvalue weighted by Gasteiger charge is 2.47. The van der Waals surface area contributed by atoms with Crippen LogP contribution in [0.2, 0.25) is 0 Å². The van der Waals surface area contributed by atoms with Crippen LogP contribution < -0.4 is 14.5 Å². The number of fused-ring (bicyclic) bond motifs is 2. The van der Waals surface area contributed by atoms with Gasteiger partial charge in [0, 0.05) is 73.5 Å². The first-order chi connectivity index (χ1) is 23.1. The number of halogens is 3. The van der Waals surface area contributed by atoms with Crippen molar-refractivity contribution < 1.29 is 27.8 Å². The highest BCUT2D eigenvalue weighted by molar-refractivity contribution is 6.06. The van der Waals surface area contributed by atoms with Gasteiger partial charge in [0.2, 0.25) is 11.9 Å². The van der Waals surface area contributed by atoms with Crippen LogP contribution in [0.1, 0.15) is 42.7 Å². The first kappa shape index (κ1) is 30.9. The molecule has 2 aromatic carbocycles. The zero-order chi connectivity index (χ0) is 33.4. The van der Waals surface area contributed by atoms with Crippen LogP contribution in [0.4, 0.5) is 24.9 Å². The number of nitrogens with one attached hydrogen (secondary N) is 1. The summed E-state index contributed by atoms with van der Waals surface area (Å²) in [6, 6.07) is 5.96. The number of alkyl halides is 3. The predicted molar refractivity (Wildman–Crippen MR) is 176 cm³/mol. The molecule has 1 aliphatic carbocycles. The number of benzene rings is 2. The number of H-pyrrole nitrogens is 1. The van der Waals surface area contributed by atoms with E-state index in [1.807, 2.05) is 28.9 Å². The Kier molecular flexibility index (Phi) is 7.31. The van der Waals surface area contributed by atoms with Crippen molar-refractivity contribution in [2.45, 2.75) is 44.7 Å². The summed E-state index contributed by atoms with van der Waals surface area (Å²) in [4.78, 5) is 28.2. The van der Waals surface area contributed by atoms with Crippen molar-refractivity contribution in [1.82, 2.24) is 25.1 Å². The number of carbonyl (C=O) groups excluding carboxylic acids is 1. The number of aromatic nitrogens is 4. The molecule has 0 atom stereocenters. The molecule has 2 N–H and O–H groups in total. The van der Waals surface area contributed by atoms with Crippen LogP contribution in [0.15, 0.2) is 37.1 Å². The van der Waals surface area contributed by atoms with Crippen LogP contribution >= 0.6 is 0 Å². The second kappa shape index (κ2) is 11.4. The number of nitrogens with zero attached hydrogens (tertiary/aromatic N) is 6. The highest BCUT2D eigenvalue weighted by atomic mass is 19.4. The summed E-state index contributed by atoms with van der Waals surface area (Å²) in [5, 5.41) is 18.5. The maximum absolute atomic E-state index is 13.9. The molecule has 2 aromatic heterocycles. The lowest BCUT2D eigenvalue weighted by Crippen LogP contribution is -2.61. The Morgan fingerprint density at radius 1 is 1.12 bits per heavy atom. The van der Waals surface area contributed by atoms with Gasteiger partial charge in [0.15, 0.2) is 12.4 Å². The van der Waals surface area contributed by atoms with Crippen LogP contribution in [-0.4, -0.2) is 94.7 Å². The van der Waals surface area contributed by atoms with Gasteiger partial charge in [-0.3, -0.25) is 9.89 Å². The molecule has 4 aromatic rings. The molecule has 4 fully saturated rings. The van der Waals surface area contributed by atoms with Gasteiger partial charge in [-0.15, -0.1) is 0 Å². The van der Waals surface area contributed by atoms with E-state index in [1.165, 1.54) is 6.08 Å². The van der Waals surface area contributed by atoms with Crippen LogP contribution in [0.3, 0.4) is 0 Å². The predicted octanol–water partition coefficient (Wildman–Crippen LogP) is 5.34. The molecule has 5 heterocycles. The number of ether oxygens (including phenoxy) is 1. The van der Waals surface area contributed by atoms with Crippen LogP contribution in [0.25, 0.3) is 32.9 Å². The third-order valence-corrected chi connectivity index (χ3v) is 10.6. The Labute approximate surface area is 275 Å². The molecule has 0 radical (unpaired) electrons. The minimum absolute atomic E-state index is 0.0410. The molecular weight excluding hydrogens is 623 g/mol. The van der Waals surface area contributed by atoms with Gasteiger partial charge in [0.1, 0.15) is 11.3 Å². The first-order valence-corrected chi connectivity index (χ1v) is 16.6. The van der Waals surface area contributed by atoms with Gasteiger partial charge in [0.05, 0.1) is 11.7 Å². The van der Waals surface area contributed by atoms with Crippen molar-refractivity contribution in [3.8, 4) is 16.9 Å². The molecule has 4 aliphatic rings. The molecule has 3 aliphatic heterocycles. The third kappa shape index (κ3) is 5.32. The smallest absolute Gasteiger partial charge is 0.422 e. The summed E-state index contributed by atoms with van der Waals surface area (Å²) in [6.07, 6.45) is 2.07. The Morgan fingerprint density at radius 2 is 1.88 bits per heavy atom. The molecule has 1 saturated carbocycles. The summed E-state index contributed by atoms with van der Waals surface area (Å²) < 4.78 is 47.6. The summed E-state index contributed by atoms with van der Waals surface area (Å²) in [5.74, 6) is 1.39. The number of amides is 1. The van der Waals surface area contributed by atoms with E-state index in [-0.39, 0.29) is 35.5 Å². The van der Waals surface area contributed by atoms with Crippen LogP contribution in [0.5, 0.6) is 5.75 Å². The maximum Gasteiger partial charge on any atom is 0.422 e. The molecule has 3 saturated heterocycles. The molecule has 0 bridgehead atoms. The molecule has 1 amide bonds. The van der Waals surface area contributed by atoms with Crippen molar-refractivity contribution in [2.24, 2.45) is 11.3 Å². The van der Waals surface area contributed by atoms with Crippen LogP contribution in [0, 0.1) is 18.3 Å². The number of carbonyl (C=O) groups is 1. The zero-order valence-corrected chi connectivity index (χ0v) is 26.8. The van der Waals surface area contributed by atoms with Gasteiger partial charge in [-0.25, -0.2) is 4.98 Å². The third-order valence-electron chi connectivity index (χ3n) is 10.6. The molecule has 13 heteroatoms. The molecule has 1 spiro atoms. The molecule has 0 unspecified atom stereocenters. The normalized spacial score (nSPS) is 19.6. The van der Waals surface area contributed by atoms with Crippen molar-refractivity contribution in [3.05, 3.63) is 48.2 Å². The van der Waals surface area contributed by atoms with E-state index < -0.39 is 12.8 Å². The lowest BCUT2D eigenvalue weighted by molar-refractivity contribution is -0.153. The Morgan fingerprint density at radius 3 is 2.54 bits per heavy atom. The molecular formula is C35H38F3N7O3. The Hall–Kier alpha value is -4.39. The van der Waals surface area contributed by atoms with Gasteiger partial charge in [-0.2, -0.15) is 23.3 Å². The quantitative estimate of drug-likeness (QED) is 0.244. The maximum atomic E-state index is 13.9. The first-order valence-electron chi connectivity index (χ1n) is 16.6. The summed E-state index contributed by atoms with van der Waals surface area (Å²) in [7, 11) is 0. The van der Waals surface area contributed by atoms with Gasteiger partial charge in [-0.1, -0.05) is 12.6 Å². The molecule has 8 rings (SSSR count). The van der Waals surface area contributed by atoms with E-state index in [1.54, 1.807) is 6.20 Å². The number of rotatable bonds is 8. The van der Waals surface area contributed by atoms with Crippen molar-refractivity contribution in [1.29, 1.82) is 0 Å². The number of likely N-dealkylation sites (tertiary alicyclic amines) is 1. The topological polar surface area (TPSA) is 111 Å². The van der Waals surface area contributed by atoms with Gasteiger partial charge in [0.25, 0.3) is 0 Å². The number of hydrogen-bond acceptors (Lipinski definition) is 8. The Balaban J connectivity index is 1.30. The lowest BCUT2D eigenvalue weighted by Gasteiger charge is -2.54. The minimum atomic E-state index is -4.56. The molecule has 48 heavy (non-hydrogen) atoms. The largest absolute Gasteiger partial charge is 0.481 e. The summed E-state index contributed by atoms with van der Waals surface area (Å²) in [6.45, 7) is 8.02. The number of aromatic amines is 1. The number of aryl methyl sites for hydroxylation is 1. The lowest BCUT2D eigenvalue weighted by atomic mass is 9.72. The fraction of sp³-hybridized carbons (Fsp3) is 0.486. The minimum Gasteiger partial charge on any atom is -0.481 e. The average molecular weight is 662 g/mol. The fourth-order valence-corrected chi connectivity index (χ4v) is 7.74. The molecule has 10 nitrogen and oxygen atoms in total. The average Bonchev–Trinajstić information content (AvgIpc) is 3.77. The highest BCUT2D eigenvalue weighted by Crippen LogP contribution is 2.53.